The lowest BCUT2D eigenvalue weighted by atomic mass is 10.4. The molecule has 1 unspecified atom stereocenters. The lowest BCUT2D eigenvalue weighted by Gasteiger charge is -2.13. The highest BCUT2D eigenvalue weighted by Gasteiger charge is 2.23. The molecule has 0 aromatic carbocycles. The fourth-order valence-corrected chi connectivity index (χ4v) is 3.39. The smallest absolute Gasteiger partial charge is 0.354 e. The Hall–Kier alpha value is -2.20. The molecule has 26 heavy (non-hydrogen) atoms. The first-order chi connectivity index (χ1) is 12.3. The maximum absolute atomic E-state index is 12.3. The van der Waals surface area contributed by atoms with Crippen molar-refractivity contribution in [2.45, 2.75) is 40.2 Å². The zero-order valence-electron chi connectivity index (χ0n) is 14.9. The van der Waals surface area contributed by atoms with Gasteiger partial charge in [-0.25, -0.2) is 19.6 Å². The summed E-state index contributed by atoms with van der Waals surface area (Å²) in [5, 5.41) is 10.4. The molecule has 1 atom stereocenters. The molecular formula is C16H20N2O6S2. The van der Waals surface area contributed by atoms with Crippen molar-refractivity contribution in [3.8, 4) is 11.8 Å². The Morgan fingerprint density at radius 3 is 2.35 bits per heavy atom. The summed E-state index contributed by atoms with van der Waals surface area (Å²) in [5.41, 5.74) is 0. The molecule has 0 spiro atoms. The molecule has 2 aromatic heterocycles. The zero-order chi connectivity index (χ0) is 19.3. The van der Waals surface area contributed by atoms with Crippen LogP contribution in [-0.2, 0) is 4.74 Å². The highest BCUT2D eigenvalue weighted by molar-refractivity contribution is 7.14. The summed E-state index contributed by atoms with van der Waals surface area (Å²) in [5.74, 6) is -1.35. The number of ether oxygens (including phenoxy) is 3. The molecule has 0 amide bonds. The van der Waals surface area contributed by atoms with E-state index in [9.17, 15) is 9.59 Å². The first kappa shape index (κ1) is 20.1. The zero-order valence-corrected chi connectivity index (χ0v) is 16.5. The molecule has 0 radical (unpaired) electrons. The van der Waals surface area contributed by atoms with E-state index < -0.39 is 18.0 Å². The molecule has 2 heterocycles. The molecule has 0 aliphatic carbocycles. The minimum absolute atomic E-state index is 0.0222. The molecule has 2 rings (SSSR count). The quantitative estimate of drug-likeness (QED) is 0.639. The van der Waals surface area contributed by atoms with Gasteiger partial charge in [0.15, 0.2) is 9.75 Å². The van der Waals surface area contributed by atoms with Crippen LogP contribution >= 0.6 is 22.7 Å². The number of aryl methyl sites for hydroxylation is 2. The number of carboxylic acid groups (broad SMARTS) is 1. The first-order valence-electron chi connectivity index (χ1n) is 7.96. The number of carbonyl (C=O) groups is 2. The predicted octanol–water partition coefficient (Wildman–Crippen LogP) is 3.33. The predicted molar refractivity (Wildman–Crippen MR) is 96.8 cm³/mol. The van der Waals surface area contributed by atoms with Gasteiger partial charge in [-0.1, -0.05) is 6.92 Å². The lowest BCUT2D eigenvalue weighted by Crippen LogP contribution is -2.22. The SMILES string of the molecule is CCCOc1nc(C)sc1C(=O)OCC(C)Oc1nc(C)sc1C(=O)O. The Morgan fingerprint density at radius 2 is 1.73 bits per heavy atom. The Morgan fingerprint density at radius 1 is 1.12 bits per heavy atom. The normalized spacial score (nSPS) is 11.8. The topological polar surface area (TPSA) is 108 Å². The molecule has 0 fully saturated rings. The van der Waals surface area contributed by atoms with E-state index in [-0.39, 0.29) is 23.2 Å². The third kappa shape index (κ3) is 5.15. The maximum Gasteiger partial charge on any atom is 0.354 e. The van der Waals surface area contributed by atoms with Crippen molar-refractivity contribution in [1.29, 1.82) is 0 Å². The molecule has 0 saturated carbocycles. The standard InChI is InChI=1S/C16H20N2O6S2/c1-5-6-22-13-12(26-9(3)17-13)16(21)23-7-8(2)24-14-11(15(19)20)25-10(4)18-14/h8H,5-7H2,1-4H3,(H,19,20). The lowest BCUT2D eigenvalue weighted by molar-refractivity contribution is 0.0331. The fraction of sp³-hybridized carbons (Fsp3) is 0.500. The third-order valence-corrected chi connectivity index (χ3v) is 4.86. The summed E-state index contributed by atoms with van der Waals surface area (Å²) >= 11 is 2.23. The van der Waals surface area contributed by atoms with Crippen LogP contribution in [0.2, 0.25) is 0 Å². The van der Waals surface area contributed by atoms with Crippen LogP contribution < -0.4 is 9.47 Å². The Kier molecular flexibility index (Phi) is 6.92. The number of aromatic nitrogens is 2. The van der Waals surface area contributed by atoms with E-state index in [1.807, 2.05) is 6.92 Å². The van der Waals surface area contributed by atoms with Crippen LogP contribution in [0.25, 0.3) is 0 Å². The number of hydrogen-bond donors (Lipinski definition) is 1. The van der Waals surface area contributed by atoms with Crippen LogP contribution in [0.1, 0.15) is 49.6 Å². The average Bonchev–Trinajstić information content (AvgIpc) is 3.13. The Bertz CT molecular complexity index is 786. The van der Waals surface area contributed by atoms with Gasteiger partial charge < -0.3 is 19.3 Å². The third-order valence-electron chi connectivity index (χ3n) is 2.99. The molecular weight excluding hydrogens is 380 g/mol. The number of nitrogens with zero attached hydrogens (tertiary/aromatic N) is 2. The van der Waals surface area contributed by atoms with Crippen molar-refractivity contribution in [2.24, 2.45) is 0 Å². The summed E-state index contributed by atoms with van der Waals surface area (Å²) in [6.45, 7) is 7.51. The number of carboxylic acids is 1. The van der Waals surface area contributed by atoms with Crippen molar-refractivity contribution >= 4 is 34.6 Å². The summed E-state index contributed by atoms with van der Waals surface area (Å²) in [6, 6.07) is 0. The second-order valence-corrected chi connectivity index (χ2v) is 7.82. The van der Waals surface area contributed by atoms with Gasteiger partial charge in [-0.05, 0) is 27.2 Å². The van der Waals surface area contributed by atoms with Crippen molar-refractivity contribution in [1.82, 2.24) is 9.97 Å². The van der Waals surface area contributed by atoms with Crippen molar-refractivity contribution in [3.63, 3.8) is 0 Å². The Labute approximate surface area is 158 Å². The monoisotopic (exact) mass is 400 g/mol. The van der Waals surface area contributed by atoms with Crippen LogP contribution in [0.15, 0.2) is 0 Å². The maximum atomic E-state index is 12.3. The van der Waals surface area contributed by atoms with E-state index in [4.69, 9.17) is 19.3 Å². The van der Waals surface area contributed by atoms with Crippen molar-refractivity contribution in [3.05, 3.63) is 19.8 Å². The molecule has 142 valence electrons. The van der Waals surface area contributed by atoms with Gasteiger partial charge in [0.1, 0.15) is 12.7 Å². The van der Waals surface area contributed by atoms with Gasteiger partial charge in [-0.15, -0.1) is 22.7 Å². The highest BCUT2D eigenvalue weighted by atomic mass is 32.1. The Balaban J connectivity index is 1.96. The summed E-state index contributed by atoms with van der Waals surface area (Å²) in [7, 11) is 0. The molecule has 0 saturated heterocycles. The molecule has 0 bridgehead atoms. The largest absolute Gasteiger partial charge is 0.477 e. The van der Waals surface area contributed by atoms with Crippen molar-refractivity contribution in [2.75, 3.05) is 13.2 Å². The second kappa shape index (κ2) is 8.95. The van der Waals surface area contributed by atoms with Crippen molar-refractivity contribution < 1.29 is 28.9 Å². The molecule has 1 N–H and O–H groups in total. The van der Waals surface area contributed by atoms with Gasteiger partial charge in [0.05, 0.1) is 16.6 Å². The van der Waals surface area contributed by atoms with Gasteiger partial charge in [-0.2, -0.15) is 0 Å². The summed E-state index contributed by atoms with van der Waals surface area (Å²) in [6.07, 6.45) is 0.238. The number of aromatic carboxylic acids is 1. The number of carbonyl (C=O) groups excluding carboxylic acids is 1. The molecule has 0 aliphatic rings. The van der Waals surface area contributed by atoms with Gasteiger partial charge in [-0.3, -0.25) is 0 Å². The molecule has 0 aliphatic heterocycles. The van der Waals surface area contributed by atoms with E-state index in [0.29, 0.717) is 21.5 Å². The number of rotatable bonds is 9. The van der Waals surface area contributed by atoms with Crippen LogP contribution in [0.4, 0.5) is 0 Å². The molecule has 8 nitrogen and oxygen atoms in total. The minimum atomic E-state index is -1.10. The summed E-state index contributed by atoms with van der Waals surface area (Å²) in [4.78, 5) is 32.0. The van der Waals surface area contributed by atoms with Crippen LogP contribution in [0, 0.1) is 13.8 Å². The van der Waals surface area contributed by atoms with Gasteiger partial charge in [0, 0.05) is 0 Å². The van der Waals surface area contributed by atoms with E-state index in [1.54, 1.807) is 20.8 Å². The summed E-state index contributed by atoms with van der Waals surface area (Å²) < 4.78 is 16.2. The van der Waals surface area contributed by atoms with Crippen LogP contribution in [0.3, 0.4) is 0 Å². The van der Waals surface area contributed by atoms with Crippen LogP contribution in [-0.4, -0.2) is 46.3 Å². The van der Waals surface area contributed by atoms with Gasteiger partial charge >= 0.3 is 11.9 Å². The van der Waals surface area contributed by atoms with Gasteiger partial charge in [0.25, 0.3) is 0 Å². The van der Waals surface area contributed by atoms with E-state index in [0.717, 1.165) is 17.8 Å². The van der Waals surface area contributed by atoms with E-state index in [1.165, 1.54) is 11.3 Å². The minimum Gasteiger partial charge on any atom is -0.477 e. The molecule has 10 heteroatoms. The average molecular weight is 400 g/mol. The fourth-order valence-electron chi connectivity index (χ4n) is 1.94. The van der Waals surface area contributed by atoms with E-state index >= 15 is 0 Å². The van der Waals surface area contributed by atoms with Gasteiger partial charge in [0.2, 0.25) is 11.8 Å². The molecule has 2 aromatic rings. The first-order valence-corrected chi connectivity index (χ1v) is 9.59. The van der Waals surface area contributed by atoms with E-state index in [2.05, 4.69) is 9.97 Å². The number of thiazole rings is 2. The highest BCUT2D eigenvalue weighted by Crippen LogP contribution is 2.27. The number of esters is 1. The number of hydrogen-bond acceptors (Lipinski definition) is 9. The van der Waals surface area contributed by atoms with Crippen LogP contribution in [0.5, 0.6) is 11.8 Å². The second-order valence-electron chi connectivity index (χ2n) is 5.41.